The maximum atomic E-state index is 13.4. The van der Waals surface area contributed by atoms with E-state index < -0.39 is 5.91 Å². The van der Waals surface area contributed by atoms with Gasteiger partial charge in [-0.25, -0.2) is 0 Å². The summed E-state index contributed by atoms with van der Waals surface area (Å²) in [5.41, 5.74) is 3.35. The summed E-state index contributed by atoms with van der Waals surface area (Å²) in [7, 11) is 5.84. The molecule has 0 spiro atoms. The Labute approximate surface area is 359 Å². The summed E-state index contributed by atoms with van der Waals surface area (Å²) in [5.74, 6) is 1.87. The number of rotatable bonds is 4. The summed E-state index contributed by atoms with van der Waals surface area (Å²) in [4.78, 5) is 36.8. The number of ether oxygens (including phenoxy) is 4. The molecule has 0 saturated heterocycles. The molecule has 0 atom stereocenters. The quantitative estimate of drug-likeness (QED) is 0.193. The first-order valence-corrected chi connectivity index (χ1v) is 20.2. The number of oxime groups is 2. The fraction of sp³-hybridized carbons (Fsp3) is 0.211. The predicted molar refractivity (Wildman–Crippen MR) is 228 cm³/mol. The van der Waals surface area contributed by atoms with Crippen LogP contribution in [0.5, 0.6) is 34.5 Å². The summed E-state index contributed by atoms with van der Waals surface area (Å²) in [6.07, 6.45) is 3.98. The highest BCUT2D eigenvalue weighted by molar-refractivity contribution is 9.11. The van der Waals surface area contributed by atoms with E-state index in [0.29, 0.717) is 75.4 Å². The number of hydrogen-bond donors (Lipinski definition) is 2. The lowest BCUT2D eigenvalue weighted by Crippen LogP contribution is -2.34. The summed E-state index contributed by atoms with van der Waals surface area (Å²) >= 11 is 18.0. The molecule has 4 aromatic carbocycles. The van der Waals surface area contributed by atoms with Crippen molar-refractivity contribution >= 4 is 109 Å². The van der Waals surface area contributed by atoms with Crippen LogP contribution in [-0.2, 0) is 38.5 Å². The van der Waals surface area contributed by atoms with Gasteiger partial charge in [-0.2, -0.15) is 0 Å². The fourth-order valence-corrected chi connectivity index (χ4v) is 8.64. The van der Waals surface area contributed by atoms with E-state index in [4.69, 9.17) is 28.6 Å². The molecular formula is C38H33Br5N4O8. The molecule has 0 unspecified atom stereocenters. The zero-order chi connectivity index (χ0) is 39.6. The second kappa shape index (κ2) is 19.8. The molecule has 4 aromatic rings. The van der Waals surface area contributed by atoms with E-state index in [1.54, 1.807) is 31.4 Å². The van der Waals surface area contributed by atoms with E-state index in [1.165, 1.54) is 27.5 Å². The van der Waals surface area contributed by atoms with Crippen molar-refractivity contribution in [2.45, 2.75) is 19.3 Å². The van der Waals surface area contributed by atoms with Gasteiger partial charge in [-0.1, -0.05) is 16.4 Å². The van der Waals surface area contributed by atoms with Gasteiger partial charge in [0.15, 0.2) is 28.7 Å². The van der Waals surface area contributed by atoms with Crippen LogP contribution in [0.1, 0.15) is 22.3 Å². The van der Waals surface area contributed by atoms with Gasteiger partial charge in [-0.05, 0) is 163 Å². The third-order valence-corrected chi connectivity index (χ3v) is 10.8. The molecule has 8 bridgehead atoms. The van der Waals surface area contributed by atoms with Crippen molar-refractivity contribution in [2.75, 3.05) is 35.0 Å². The van der Waals surface area contributed by atoms with Crippen LogP contribution in [0.2, 0.25) is 0 Å². The maximum absolute atomic E-state index is 13.4. The molecule has 0 saturated carbocycles. The van der Waals surface area contributed by atoms with E-state index in [0.717, 1.165) is 16.7 Å². The molecule has 4 aliphatic heterocycles. The number of nitrogens with one attached hydrogen (secondary N) is 2. The molecule has 2 N–H and O–H groups in total. The second-order valence-electron chi connectivity index (χ2n) is 11.6. The lowest BCUT2D eigenvalue weighted by Gasteiger charge is -2.17. The molecular weight excluding hydrogens is 1040 g/mol. The van der Waals surface area contributed by atoms with Gasteiger partial charge < -0.3 is 39.3 Å². The Kier molecular flexibility index (Phi) is 15.2. The molecule has 0 aromatic heterocycles. The average Bonchev–Trinajstić information content (AvgIpc) is 3.13. The van der Waals surface area contributed by atoms with Gasteiger partial charge in [-0.15, -0.1) is 0 Å². The number of carbonyl (C=O) groups excluding carboxylic acids is 2. The molecule has 8 rings (SSSR count). The van der Waals surface area contributed by atoms with Crippen molar-refractivity contribution < 1.29 is 38.2 Å². The summed E-state index contributed by atoms with van der Waals surface area (Å²) in [6, 6.07) is 16.4. The first kappa shape index (κ1) is 42.2. The average molecular weight is 1070 g/mol. The van der Waals surface area contributed by atoms with Gasteiger partial charge >= 0.3 is 0 Å². The highest BCUT2D eigenvalue weighted by Crippen LogP contribution is 2.44. The Morgan fingerprint density at radius 3 is 1.76 bits per heavy atom. The fourth-order valence-electron chi connectivity index (χ4n) is 5.42. The summed E-state index contributed by atoms with van der Waals surface area (Å²) < 4.78 is 27.1. The van der Waals surface area contributed by atoms with Crippen LogP contribution < -0.4 is 29.6 Å². The highest BCUT2D eigenvalue weighted by atomic mass is 79.9. The van der Waals surface area contributed by atoms with Gasteiger partial charge in [0, 0.05) is 25.6 Å². The van der Waals surface area contributed by atoms with Crippen LogP contribution in [0.4, 0.5) is 0 Å². The first-order chi connectivity index (χ1) is 26.4. The summed E-state index contributed by atoms with van der Waals surface area (Å²) in [6.45, 7) is 0.302. The van der Waals surface area contributed by atoms with Crippen molar-refractivity contribution in [3.05, 3.63) is 105 Å². The van der Waals surface area contributed by atoms with Gasteiger partial charge in [0.1, 0.15) is 31.4 Å². The highest BCUT2D eigenvalue weighted by Gasteiger charge is 2.21. The Bertz CT molecular complexity index is 2170. The molecule has 4 heterocycles. The van der Waals surface area contributed by atoms with Crippen molar-refractivity contribution in [2.24, 2.45) is 10.3 Å². The Morgan fingerprint density at radius 1 is 0.618 bits per heavy atom. The molecule has 2 amide bonds. The van der Waals surface area contributed by atoms with E-state index in [1.807, 2.05) is 36.4 Å². The predicted octanol–water partition coefficient (Wildman–Crippen LogP) is 9.65. The molecule has 0 aliphatic carbocycles. The SMILES string of the molecule is CON=C1Cc2cc(Br)c(OC)c(c2)Oc2c(Br)cc(cc2Br)CC(=NOC)C(=O)NCCc2cc(Br)c(OC)c(c2)Oc2ccc(cc2Br)C=CNC1=O. The molecule has 55 heavy (non-hydrogen) atoms. The maximum Gasteiger partial charge on any atom is 0.273 e. The van der Waals surface area contributed by atoms with E-state index in [-0.39, 0.29) is 30.2 Å². The van der Waals surface area contributed by atoms with Crippen molar-refractivity contribution in [3.63, 3.8) is 0 Å². The van der Waals surface area contributed by atoms with Crippen LogP contribution >= 0.6 is 79.6 Å². The van der Waals surface area contributed by atoms with Gasteiger partial charge in [0.2, 0.25) is 0 Å². The Morgan fingerprint density at radius 2 is 1.16 bits per heavy atom. The van der Waals surface area contributed by atoms with E-state index in [2.05, 4.69) is 101 Å². The standard InChI is InChI=1S/C38H33Br5N4O8/c1-50-35-27(42)12-21-8-10-45-37(48)29(46-52-3)16-22-13-25(40)34(26(41)14-22)55-33-19-23(15-28(43)36(33)51-2)17-30(47-53-4)38(49)44-9-7-20-5-6-31(24(39)11-20)54-32(35)18-21/h5-7,9,11-15,18-19H,8,10,16-17H2,1-4H3,(H,44,49)(H,45,48). The van der Waals surface area contributed by atoms with Crippen molar-refractivity contribution in [3.8, 4) is 34.5 Å². The number of benzene rings is 4. The van der Waals surface area contributed by atoms with Crippen LogP contribution in [0.15, 0.2) is 93.5 Å². The molecule has 12 nitrogen and oxygen atoms in total. The third kappa shape index (κ3) is 10.9. The number of hydrogen-bond acceptors (Lipinski definition) is 10. The van der Waals surface area contributed by atoms with Crippen molar-refractivity contribution in [1.82, 2.24) is 10.6 Å². The topological polar surface area (TPSA) is 138 Å². The molecule has 17 heteroatoms. The zero-order valence-electron chi connectivity index (χ0n) is 29.7. The van der Waals surface area contributed by atoms with Crippen LogP contribution in [0.25, 0.3) is 6.08 Å². The number of methoxy groups -OCH3 is 2. The third-order valence-electron chi connectivity index (χ3n) is 7.85. The lowest BCUT2D eigenvalue weighted by atomic mass is 10.1. The zero-order valence-corrected chi connectivity index (χ0v) is 37.7. The van der Waals surface area contributed by atoms with E-state index >= 15 is 0 Å². The number of halogens is 5. The molecule has 288 valence electrons. The van der Waals surface area contributed by atoms with Crippen LogP contribution in [0.3, 0.4) is 0 Å². The van der Waals surface area contributed by atoms with Gasteiger partial charge in [-0.3, -0.25) is 9.59 Å². The van der Waals surface area contributed by atoms with Gasteiger partial charge in [0.25, 0.3) is 11.8 Å². The minimum Gasteiger partial charge on any atom is -0.492 e. The smallest absolute Gasteiger partial charge is 0.273 e. The summed E-state index contributed by atoms with van der Waals surface area (Å²) in [5, 5.41) is 13.7. The van der Waals surface area contributed by atoms with Crippen LogP contribution in [0, 0.1) is 0 Å². The van der Waals surface area contributed by atoms with E-state index in [9.17, 15) is 9.59 Å². The number of carbonyl (C=O) groups is 2. The van der Waals surface area contributed by atoms with Crippen molar-refractivity contribution in [1.29, 1.82) is 0 Å². The molecule has 0 fully saturated rings. The van der Waals surface area contributed by atoms with Crippen LogP contribution in [-0.4, -0.2) is 58.2 Å². The molecule has 0 radical (unpaired) electrons. The van der Waals surface area contributed by atoms with Gasteiger partial charge in [0.05, 0.1) is 36.6 Å². The molecule has 4 aliphatic rings. The Balaban J connectivity index is 1.54. The second-order valence-corrected chi connectivity index (χ2v) is 15.9. The first-order valence-electron chi connectivity index (χ1n) is 16.3. The Hall–Kier alpha value is -3.90. The minimum atomic E-state index is -0.469. The minimum absolute atomic E-state index is 0.0930. The number of nitrogens with zero attached hydrogens (tertiary/aromatic N) is 2. The largest absolute Gasteiger partial charge is 0.492 e. The number of amides is 2. The monoisotopic (exact) mass is 1070 g/mol. The normalized spacial score (nSPS) is 15.4. The lowest BCUT2D eigenvalue weighted by molar-refractivity contribution is -0.115.